The number of benzene rings is 1. The van der Waals surface area contributed by atoms with Crippen LogP contribution in [-0.2, 0) is 6.42 Å². The molecule has 3 N–H and O–H groups in total. The molecule has 4 rings (SSSR count). The Balaban J connectivity index is 2.13. The lowest BCUT2D eigenvalue weighted by Crippen LogP contribution is -2.37. The first kappa shape index (κ1) is 13.2. The molecule has 6 heteroatoms. The quantitative estimate of drug-likeness (QED) is 0.778. The number of hydrogen-bond donors (Lipinski definition) is 2. The number of rotatable bonds is 1. The maximum absolute atomic E-state index is 12.2. The monoisotopic (exact) mass is 299 g/mol. The Morgan fingerprint density at radius 2 is 2.23 bits per heavy atom. The van der Waals surface area contributed by atoms with Crippen LogP contribution in [-0.4, -0.2) is 30.5 Å². The van der Waals surface area contributed by atoms with Crippen LogP contribution in [0.5, 0.6) is 5.75 Å². The molecule has 0 saturated carbocycles. The van der Waals surface area contributed by atoms with Gasteiger partial charge in [0.05, 0.1) is 23.4 Å². The number of hydrogen-bond acceptors (Lipinski definition) is 5. The van der Waals surface area contributed by atoms with E-state index in [-0.39, 0.29) is 17.0 Å². The van der Waals surface area contributed by atoms with Gasteiger partial charge in [-0.2, -0.15) is 0 Å². The summed E-state index contributed by atoms with van der Waals surface area (Å²) in [5, 5.41) is 0.697. The zero-order chi connectivity index (χ0) is 15.4. The number of pyridine rings is 1. The van der Waals surface area contributed by atoms with Crippen molar-refractivity contribution in [2.24, 2.45) is 0 Å². The van der Waals surface area contributed by atoms with Gasteiger partial charge in [-0.05, 0) is 25.8 Å². The number of carbonyl (C=O) groups excluding carboxylic acids is 1. The van der Waals surface area contributed by atoms with Crippen LogP contribution in [0.3, 0.4) is 0 Å². The lowest BCUT2D eigenvalue weighted by molar-refractivity contribution is 0.101. The van der Waals surface area contributed by atoms with Crippen molar-refractivity contribution in [3.8, 4) is 5.75 Å². The van der Waals surface area contributed by atoms with Crippen molar-refractivity contribution in [1.82, 2.24) is 4.98 Å². The number of aromatic amines is 1. The average Bonchev–Trinajstić information content (AvgIpc) is 2.49. The summed E-state index contributed by atoms with van der Waals surface area (Å²) in [6, 6.07) is 1.85. The number of nitrogens with one attached hydrogen (secondary N) is 1. The van der Waals surface area contributed by atoms with Crippen LogP contribution in [0.1, 0.15) is 29.3 Å². The number of anilines is 2. The zero-order valence-corrected chi connectivity index (χ0v) is 12.4. The summed E-state index contributed by atoms with van der Waals surface area (Å²) in [7, 11) is 0. The standard InChI is InChI=1S/C16H17N3O3/c1-8(20)12-13(17)10-7-11-15-9(14(10)18-16(12)21)3-2-4-19(15)5-6-22-11/h7H,2-6H2,1H3,(H3,17,18,21). The number of nitrogens with zero attached hydrogens (tertiary/aromatic N) is 1. The minimum atomic E-state index is -0.414. The van der Waals surface area contributed by atoms with Crippen LogP contribution in [0.25, 0.3) is 10.9 Å². The van der Waals surface area contributed by atoms with Gasteiger partial charge < -0.3 is 20.4 Å². The molecule has 114 valence electrons. The van der Waals surface area contributed by atoms with Crippen LogP contribution >= 0.6 is 0 Å². The molecule has 0 unspecified atom stereocenters. The Morgan fingerprint density at radius 3 is 3.00 bits per heavy atom. The molecule has 2 aromatic rings. The van der Waals surface area contributed by atoms with Gasteiger partial charge in [0.25, 0.3) is 5.56 Å². The van der Waals surface area contributed by atoms with E-state index in [9.17, 15) is 9.59 Å². The number of nitrogens with two attached hydrogens (primary N) is 1. The minimum Gasteiger partial charge on any atom is -0.490 e. The van der Waals surface area contributed by atoms with E-state index in [1.165, 1.54) is 6.92 Å². The van der Waals surface area contributed by atoms with Crippen LogP contribution in [0, 0.1) is 0 Å². The van der Waals surface area contributed by atoms with Crippen LogP contribution in [0.2, 0.25) is 0 Å². The van der Waals surface area contributed by atoms with Gasteiger partial charge in [0.15, 0.2) is 5.78 Å². The molecule has 3 heterocycles. The van der Waals surface area contributed by atoms with Gasteiger partial charge in [-0.1, -0.05) is 0 Å². The number of ether oxygens (including phenoxy) is 1. The van der Waals surface area contributed by atoms with Gasteiger partial charge in [-0.15, -0.1) is 0 Å². The van der Waals surface area contributed by atoms with Gasteiger partial charge in [0, 0.05) is 17.5 Å². The molecule has 1 aromatic carbocycles. The third-order valence-electron chi connectivity index (χ3n) is 4.53. The predicted molar refractivity (Wildman–Crippen MR) is 85.0 cm³/mol. The molecule has 0 aliphatic carbocycles. The Hall–Kier alpha value is -2.50. The second kappa shape index (κ2) is 4.50. The van der Waals surface area contributed by atoms with Crippen molar-refractivity contribution in [3.63, 3.8) is 0 Å². The molecule has 22 heavy (non-hydrogen) atoms. The van der Waals surface area contributed by atoms with Gasteiger partial charge in [0.1, 0.15) is 17.9 Å². The highest BCUT2D eigenvalue weighted by molar-refractivity contribution is 6.08. The van der Waals surface area contributed by atoms with E-state index in [1.54, 1.807) is 0 Å². The molecular formula is C16H17N3O3. The highest BCUT2D eigenvalue weighted by atomic mass is 16.5. The number of ketones is 1. The summed E-state index contributed by atoms with van der Waals surface area (Å²) in [5.74, 6) is 0.469. The maximum atomic E-state index is 12.2. The lowest BCUT2D eigenvalue weighted by atomic mass is 9.95. The third-order valence-corrected chi connectivity index (χ3v) is 4.53. The lowest BCUT2D eigenvalue weighted by Gasteiger charge is -2.37. The zero-order valence-electron chi connectivity index (χ0n) is 12.4. The van der Waals surface area contributed by atoms with Crippen molar-refractivity contribution in [3.05, 3.63) is 27.5 Å². The van der Waals surface area contributed by atoms with Crippen molar-refractivity contribution >= 4 is 28.1 Å². The maximum Gasteiger partial charge on any atom is 0.261 e. The number of Topliss-reactive ketones (excluding diaryl/α,β-unsaturated/α-hetero) is 1. The normalized spacial score (nSPS) is 16.3. The van der Waals surface area contributed by atoms with Crippen LogP contribution < -0.4 is 20.9 Å². The molecular weight excluding hydrogens is 282 g/mol. The molecule has 0 amide bonds. The molecule has 0 saturated heterocycles. The number of nitrogen functional groups attached to an aromatic ring is 1. The molecule has 0 spiro atoms. The first-order valence-electron chi connectivity index (χ1n) is 7.48. The second-order valence-corrected chi connectivity index (χ2v) is 5.86. The highest BCUT2D eigenvalue weighted by Crippen LogP contribution is 2.43. The molecule has 0 bridgehead atoms. The van der Waals surface area contributed by atoms with E-state index in [0.717, 1.165) is 48.4 Å². The van der Waals surface area contributed by atoms with Gasteiger partial charge in [-0.3, -0.25) is 9.59 Å². The predicted octanol–water partition coefficient (Wildman–Crippen LogP) is 1.46. The number of fused-ring (bicyclic) bond motifs is 2. The molecule has 0 radical (unpaired) electrons. The smallest absolute Gasteiger partial charge is 0.261 e. The minimum absolute atomic E-state index is 0.0307. The molecule has 0 fully saturated rings. The number of aryl methyl sites for hydroxylation is 1. The van der Waals surface area contributed by atoms with Crippen LogP contribution in [0.15, 0.2) is 10.9 Å². The largest absolute Gasteiger partial charge is 0.490 e. The van der Waals surface area contributed by atoms with Gasteiger partial charge in [0.2, 0.25) is 0 Å². The Labute approximate surface area is 126 Å². The van der Waals surface area contributed by atoms with E-state index >= 15 is 0 Å². The first-order chi connectivity index (χ1) is 10.6. The van der Waals surface area contributed by atoms with Crippen molar-refractivity contribution in [2.75, 3.05) is 30.3 Å². The summed E-state index contributed by atoms with van der Waals surface area (Å²) in [6.45, 7) is 3.85. The van der Waals surface area contributed by atoms with E-state index in [2.05, 4.69) is 9.88 Å². The fourth-order valence-electron chi connectivity index (χ4n) is 3.59. The SMILES string of the molecule is CC(=O)c1c(N)c2cc3c4c(c2[nH]c1=O)CCCN4CCO3. The average molecular weight is 299 g/mol. The van der Waals surface area contributed by atoms with Crippen molar-refractivity contribution < 1.29 is 9.53 Å². The second-order valence-electron chi connectivity index (χ2n) is 5.86. The topological polar surface area (TPSA) is 88.4 Å². The van der Waals surface area contributed by atoms with E-state index in [4.69, 9.17) is 10.5 Å². The summed E-state index contributed by atoms with van der Waals surface area (Å²) in [4.78, 5) is 29.1. The fourth-order valence-corrected chi connectivity index (χ4v) is 3.59. The Bertz CT molecular complexity index is 867. The molecule has 2 aliphatic heterocycles. The fraction of sp³-hybridized carbons (Fsp3) is 0.375. The Morgan fingerprint density at radius 1 is 1.41 bits per heavy atom. The van der Waals surface area contributed by atoms with Gasteiger partial charge in [-0.25, -0.2) is 0 Å². The molecule has 1 aromatic heterocycles. The molecule has 2 aliphatic rings. The summed E-state index contributed by atoms with van der Waals surface area (Å²) in [5.41, 5.74) is 8.85. The third kappa shape index (κ3) is 1.66. The number of aromatic nitrogens is 1. The van der Waals surface area contributed by atoms with E-state index in [1.807, 2.05) is 6.07 Å². The van der Waals surface area contributed by atoms with Crippen molar-refractivity contribution in [1.29, 1.82) is 0 Å². The molecule has 0 atom stereocenters. The number of carbonyl (C=O) groups is 1. The Kier molecular flexibility index (Phi) is 2.69. The van der Waals surface area contributed by atoms with Gasteiger partial charge >= 0.3 is 0 Å². The number of H-pyrrole nitrogens is 1. The summed E-state index contributed by atoms with van der Waals surface area (Å²) >= 11 is 0. The van der Waals surface area contributed by atoms with Crippen LogP contribution in [0.4, 0.5) is 11.4 Å². The first-order valence-corrected chi connectivity index (χ1v) is 7.48. The van der Waals surface area contributed by atoms with E-state index in [0.29, 0.717) is 12.0 Å². The van der Waals surface area contributed by atoms with Crippen molar-refractivity contribution in [2.45, 2.75) is 19.8 Å². The highest BCUT2D eigenvalue weighted by Gasteiger charge is 2.28. The van der Waals surface area contributed by atoms with E-state index < -0.39 is 5.56 Å². The summed E-state index contributed by atoms with van der Waals surface area (Å²) < 4.78 is 5.79. The molecule has 6 nitrogen and oxygen atoms in total. The summed E-state index contributed by atoms with van der Waals surface area (Å²) in [6.07, 6.45) is 1.90.